The first-order chi connectivity index (χ1) is 18.0. The number of nitrogens with zero attached hydrogens (tertiary/aromatic N) is 6. The van der Waals surface area contributed by atoms with Gasteiger partial charge < -0.3 is 19.9 Å². The monoisotopic (exact) mass is 511 g/mol. The van der Waals surface area contributed by atoms with Gasteiger partial charge in [0.05, 0.1) is 19.1 Å². The number of hydrogen-bond donors (Lipinski definition) is 1. The molecule has 2 aromatic heterocycles. The molecule has 2 unspecified atom stereocenters. The molecule has 4 heterocycles. The van der Waals surface area contributed by atoms with Crippen LogP contribution in [0.2, 0.25) is 0 Å². The Hall–Kier alpha value is -3.93. The van der Waals surface area contributed by atoms with Crippen LogP contribution in [0, 0.1) is 17.6 Å². The summed E-state index contributed by atoms with van der Waals surface area (Å²) in [5, 5.41) is 2.89. The lowest BCUT2D eigenvalue weighted by atomic mass is 10.0. The Balaban J connectivity index is 1.32. The highest BCUT2D eigenvalue weighted by molar-refractivity contribution is 5.87. The van der Waals surface area contributed by atoms with Gasteiger partial charge in [-0.3, -0.25) is 14.2 Å². The molecule has 2 aliphatic heterocycles. The van der Waals surface area contributed by atoms with E-state index < -0.39 is 17.7 Å². The van der Waals surface area contributed by atoms with E-state index in [-0.39, 0.29) is 30.8 Å². The van der Waals surface area contributed by atoms with Crippen LogP contribution in [0.4, 0.5) is 14.6 Å². The SMILES string of the molecule is O=C(NCCc1ccc(F)c(F)c1)C1CN(C(=O)C2CCOC2)CCN1c1ccnc(-n2ccnc2)n1. The lowest BCUT2D eigenvalue weighted by Gasteiger charge is -2.41. The number of rotatable bonds is 7. The molecular formula is C25H27F2N7O3. The average molecular weight is 512 g/mol. The molecule has 3 aromatic rings. The van der Waals surface area contributed by atoms with Crippen molar-refractivity contribution in [3.05, 3.63) is 66.4 Å². The number of carbonyl (C=O) groups excluding carboxylic acids is 2. The summed E-state index contributed by atoms with van der Waals surface area (Å²) in [6, 6.07) is 4.70. The number of amides is 2. The minimum Gasteiger partial charge on any atom is -0.381 e. The van der Waals surface area contributed by atoms with Gasteiger partial charge in [-0.1, -0.05) is 6.07 Å². The van der Waals surface area contributed by atoms with E-state index in [0.29, 0.717) is 56.5 Å². The number of piperazine rings is 1. The van der Waals surface area contributed by atoms with Crippen LogP contribution in [0.25, 0.3) is 5.95 Å². The van der Waals surface area contributed by atoms with Crippen molar-refractivity contribution in [1.29, 1.82) is 0 Å². The predicted octanol–water partition coefficient (Wildman–Crippen LogP) is 1.35. The summed E-state index contributed by atoms with van der Waals surface area (Å²) >= 11 is 0. The van der Waals surface area contributed by atoms with Crippen molar-refractivity contribution < 1.29 is 23.1 Å². The summed E-state index contributed by atoms with van der Waals surface area (Å²) < 4.78 is 33.8. The summed E-state index contributed by atoms with van der Waals surface area (Å²) in [7, 11) is 0. The molecule has 12 heteroatoms. The number of anilines is 1. The topological polar surface area (TPSA) is 105 Å². The molecule has 0 saturated carbocycles. The first-order valence-corrected chi connectivity index (χ1v) is 12.2. The van der Waals surface area contributed by atoms with Crippen LogP contribution < -0.4 is 10.2 Å². The fraction of sp³-hybridized carbons (Fsp3) is 0.400. The third-order valence-electron chi connectivity index (χ3n) is 6.63. The maximum Gasteiger partial charge on any atom is 0.244 e. The lowest BCUT2D eigenvalue weighted by molar-refractivity contribution is -0.137. The van der Waals surface area contributed by atoms with Gasteiger partial charge in [-0.05, 0) is 36.6 Å². The second-order valence-electron chi connectivity index (χ2n) is 9.03. The lowest BCUT2D eigenvalue weighted by Crippen LogP contribution is -2.61. The Morgan fingerprint density at radius 1 is 1.14 bits per heavy atom. The minimum absolute atomic E-state index is 0.0153. The molecule has 37 heavy (non-hydrogen) atoms. The highest BCUT2D eigenvalue weighted by Crippen LogP contribution is 2.23. The maximum absolute atomic E-state index is 13.5. The largest absolute Gasteiger partial charge is 0.381 e. The van der Waals surface area contributed by atoms with Crippen LogP contribution in [0.1, 0.15) is 12.0 Å². The number of carbonyl (C=O) groups is 2. The van der Waals surface area contributed by atoms with Gasteiger partial charge in [0.1, 0.15) is 18.2 Å². The smallest absolute Gasteiger partial charge is 0.244 e. The van der Waals surface area contributed by atoms with Gasteiger partial charge in [-0.25, -0.2) is 18.7 Å². The summed E-state index contributed by atoms with van der Waals surface area (Å²) in [5.41, 5.74) is 0.568. The van der Waals surface area contributed by atoms with Gasteiger partial charge in [-0.2, -0.15) is 4.98 Å². The number of hydrogen-bond acceptors (Lipinski definition) is 7. The molecule has 5 rings (SSSR count). The quantitative estimate of drug-likeness (QED) is 0.511. The van der Waals surface area contributed by atoms with Gasteiger partial charge >= 0.3 is 0 Å². The van der Waals surface area contributed by atoms with Crippen LogP contribution in [0.15, 0.2) is 49.2 Å². The first-order valence-electron chi connectivity index (χ1n) is 12.2. The number of nitrogens with one attached hydrogen (secondary N) is 1. The second kappa shape index (κ2) is 11.0. The molecule has 0 radical (unpaired) electrons. The van der Waals surface area contributed by atoms with Crippen LogP contribution in [0.3, 0.4) is 0 Å². The van der Waals surface area contributed by atoms with E-state index in [0.717, 1.165) is 12.1 Å². The second-order valence-corrected chi connectivity index (χ2v) is 9.03. The van der Waals surface area contributed by atoms with Crippen LogP contribution >= 0.6 is 0 Å². The van der Waals surface area contributed by atoms with Crippen molar-refractivity contribution in [3.8, 4) is 5.95 Å². The molecule has 2 fully saturated rings. The molecule has 2 aliphatic rings. The Bertz CT molecular complexity index is 1250. The van der Waals surface area contributed by atoms with Crippen LogP contribution in [-0.4, -0.2) is 81.7 Å². The van der Waals surface area contributed by atoms with Crippen LogP contribution in [0.5, 0.6) is 0 Å². The molecule has 0 spiro atoms. The van der Waals surface area contributed by atoms with Crippen molar-refractivity contribution in [2.75, 3.05) is 44.3 Å². The predicted molar refractivity (Wildman–Crippen MR) is 129 cm³/mol. The van der Waals surface area contributed by atoms with E-state index >= 15 is 0 Å². The van der Waals surface area contributed by atoms with E-state index in [1.54, 1.807) is 40.5 Å². The fourth-order valence-corrected chi connectivity index (χ4v) is 4.61. The molecule has 1 N–H and O–H groups in total. The zero-order chi connectivity index (χ0) is 25.8. The highest BCUT2D eigenvalue weighted by atomic mass is 19.2. The third kappa shape index (κ3) is 5.58. The summed E-state index contributed by atoms with van der Waals surface area (Å²) in [6.45, 7) is 2.21. The highest BCUT2D eigenvalue weighted by Gasteiger charge is 2.38. The molecule has 0 aliphatic carbocycles. The maximum atomic E-state index is 13.5. The normalized spacial score (nSPS) is 19.7. The Labute approximate surface area is 212 Å². The molecule has 2 amide bonds. The van der Waals surface area contributed by atoms with E-state index in [2.05, 4.69) is 20.3 Å². The molecule has 2 atom stereocenters. The van der Waals surface area contributed by atoms with E-state index in [4.69, 9.17) is 4.74 Å². The fourth-order valence-electron chi connectivity index (χ4n) is 4.61. The number of imidazole rings is 1. The minimum atomic E-state index is -0.926. The van der Waals surface area contributed by atoms with Gasteiger partial charge in [-0.15, -0.1) is 0 Å². The van der Waals surface area contributed by atoms with Gasteiger partial charge in [0, 0.05) is 44.8 Å². The first kappa shape index (κ1) is 24.8. The zero-order valence-electron chi connectivity index (χ0n) is 20.1. The van der Waals surface area contributed by atoms with Crippen LogP contribution in [-0.2, 0) is 20.7 Å². The van der Waals surface area contributed by atoms with Crippen molar-refractivity contribution >= 4 is 17.6 Å². The van der Waals surface area contributed by atoms with Gasteiger partial charge in [0.25, 0.3) is 0 Å². The van der Waals surface area contributed by atoms with E-state index in [1.165, 1.54) is 6.07 Å². The molecule has 1 aromatic carbocycles. The Kier molecular flexibility index (Phi) is 7.35. The molecule has 194 valence electrons. The van der Waals surface area contributed by atoms with E-state index in [1.807, 2.05) is 4.90 Å². The Morgan fingerprint density at radius 2 is 2.03 bits per heavy atom. The van der Waals surface area contributed by atoms with E-state index in [9.17, 15) is 18.4 Å². The standard InChI is InChI=1S/C25H27F2N7O3/c26-19-2-1-17(13-20(19)27)3-6-29-23(35)21-14-32(24(36)18-5-12-37-15-18)10-11-34(21)22-4-7-30-25(31-22)33-9-8-28-16-33/h1-2,4,7-9,13,16,18,21H,3,5-6,10-12,14-15H2,(H,29,35). The van der Waals surface area contributed by atoms with Crippen molar-refractivity contribution in [3.63, 3.8) is 0 Å². The van der Waals surface area contributed by atoms with Crippen molar-refractivity contribution in [2.24, 2.45) is 5.92 Å². The number of aromatic nitrogens is 4. The molecular weight excluding hydrogens is 484 g/mol. The average Bonchev–Trinajstić information content (AvgIpc) is 3.65. The Morgan fingerprint density at radius 3 is 2.78 bits per heavy atom. The number of ether oxygens (including phenoxy) is 1. The van der Waals surface area contributed by atoms with Crippen molar-refractivity contribution in [1.82, 2.24) is 29.7 Å². The van der Waals surface area contributed by atoms with Gasteiger partial charge in [0.15, 0.2) is 11.6 Å². The summed E-state index contributed by atoms with van der Waals surface area (Å²) in [5.74, 6) is -1.38. The number of halogens is 2. The zero-order valence-corrected chi connectivity index (χ0v) is 20.1. The summed E-state index contributed by atoms with van der Waals surface area (Å²) in [6.07, 6.45) is 7.55. The molecule has 0 bridgehead atoms. The molecule has 10 nitrogen and oxygen atoms in total. The van der Waals surface area contributed by atoms with Gasteiger partial charge in [0.2, 0.25) is 17.8 Å². The molecule has 2 saturated heterocycles. The number of benzene rings is 1. The third-order valence-corrected chi connectivity index (χ3v) is 6.63. The van der Waals surface area contributed by atoms with Crippen molar-refractivity contribution in [2.45, 2.75) is 18.9 Å². The summed E-state index contributed by atoms with van der Waals surface area (Å²) in [4.78, 5) is 43.0.